The van der Waals surface area contributed by atoms with Crippen LogP contribution in [0.1, 0.15) is 42.4 Å². The van der Waals surface area contributed by atoms with Crippen molar-refractivity contribution >= 4 is 9.84 Å². The summed E-state index contributed by atoms with van der Waals surface area (Å²) in [5, 5.41) is 18.0. The van der Waals surface area contributed by atoms with E-state index in [1.807, 2.05) is 0 Å². The summed E-state index contributed by atoms with van der Waals surface area (Å²) in [7, 11) is -3.36. The van der Waals surface area contributed by atoms with Gasteiger partial charge in [-0.2, -0.15) is 18.4 Å². The predicted molar refractivity (Wildman–Crippen MR) is 75.0 cm³/mol. The van der Waals surface area contributed by atoms with Crippen LogP contribution in [-0.4, -0.2) is 24.0 Å². The summed E-state index contributed by atoms with van der Waals surface area (Å²) < 4.78 is 64.1. The monoisotopic (exact) mass is 345 g/mol. The van der Waals surface area contributed by atoms with Crippen LogP contribution < -0.4 is 0 Å². The largest absolute Gasteiger partial charge is 0.416 e. The smallest absolute Gasteiger partial charge is 0.385 e. The van der Waals surface area contributed by atoms with Crippen LogP contribution in [0.2, 0.25) is 0 Å². The van der Waals surface area contributed by atoms with Gasteiger partial charge in [0, 0.05) is 0 Å². The second-order valence-electron chi connectivity index (χ2n) is 6.22. The lowest BCUT2D eigenvalue weighted by atomic mass is 9.82. The highest BCUT2D eigenvalue weighted by Crippen LogP contribution is 2.50. The van der Waals surface area contributed by atoms with Crippen molar-refractivity contribution in [3.8, 4) is 6.07 Å². The van der Waals surface area contributed by atoms with Gasteiger partial charge in [-0.3, -0.25) is 0 Å². The molecule has 2 unspecified atom stereocenters. The van der Waals surface area contributed by atoms with Gasteiger partial charge in [-0.05, 0) is 43.4 Å². The second-order valence-corrected chi connectivity index (χ2v) is 8.73. The molecule has 1 N–H and O–H groups in total. The average molecular weight is 345 g/mol. The number of nitriles is 1. The molecule has 3 rings (SSSR count). The van der Waals surface area contributed by atoms with Gasteiger partial charge >= 0.3 is 6.18 Å². The lowest BCUT2D eigenvalue weighted by Crippen LogP contribution is -2.44. The number of fused-ring (bicyclic) bond motifs is 2. The van der Waals surface area contributed by atoms with Crippen molar-refractivity contribution in [3.05, 3.63) is 34.9 Å². The average Bonchev–Trinajstić information content (AvgIpc) is 2.65. The lowest BCUT2D eigenvalue weighted by molar-refractivity contribution is -0.141. The minimum atomic E-state index is -4.73. The van der Waals surface area contributed by atoms with Crippen LogP contribution in [0, 0.1) is 11.3 Å². The van der Waals surface area contributed by atoms with E-state index in [9.17, 15) is 26.7 Å². The van der Waals surface area contributed by atoms with Gasteiger partial charge in [0.1, 0.15) is 0 Å². The van der Waals surface area contributed by atoms with Gasteiger partial charge in [-0.15, -0.1) is 0 Å². The highest BCUT2D eigenvalue weighted by molar-refractivity contribution is 7.93. The maximum Gasteiger partial charge on any atom is 0.416 e. The molecular formula is C15H14F3NO3S. The molecule has 8 heteroatoms. The van der Waals surface area contributed by atoms with Crippen LogP contribution in [0.4, 0.5) is 13.2 Å². The molecule has 23 heavy (non-hydrogen) atoms. The van der Waals surface area contributed by atoms with E-state index >= 15 is 0 Å². The molecule has 2 atom stereocenters. The zero-order valence-electron chi connectivity index (χ0n) is 12.0. The Bertz CT molecular complexity index is 775. The van der Waals surface area contributed by atoms with Crippen molar-refractivity contribution in [1.82, 2.24) is 0 Å². The Morgan fingerprint density at radius 2 is 1.78 bits per heavy atom. The minimum absolute atomic E-state index is 0.156. The lowest BCUT2D eigenvalue weighted by Gasteiger charge is -2.37. The summed E-state index contributed by atoms with van der Waals surface area (Å²) in [5.74, 6) is 0. The number of rotatable bonds is 1. The third-order valence-corrected chi connectivity index (χ3v) is 7.49. The maximum absolute atomic E-state index is 13.3. The van der Waals surface area contributed by atoms with Gasteiger partial charge in [0.15, 0.2) is 9.84 Å². The summed E-state index contributed by atoms with van der Waals surface area (Å²) in [6, 6.07) is 4.67. The molecule has 0 aliphatic carbocycles. The molecule has 124 valence electrons. The third kappa shape index (κ3) is 2.52. The number of sulfone groups is 1. The first-order chi connectivity index (χ1) is 10.6. The molecular weight excluding hydrogens is 331 g/mol. The highest BCUT2D eigenvalue weighted by Gasteiger charge is 2.54. The second kappa shape index (κ2) is 4.95. The van der Waals surface area contributed by atoms with E-state index in [1.165, 1.54) is 6.07 Å². The van der Waals surface area contributed by atoms with Crippen LogP contribution in [0.15, 0.2) is 18.2 Å². The summed E-state index contributed by atoms with van der Waals surface area (Å²) in [5.41, 5.74) is -3.40. The Labute approximate surface area is 131 Å². The van der Waals surface area contributed by atoms with Crippen molar-refractivity contribution < 1.29 is 26.7 Å². The zero-order valence-corrected chi connectivity index (χ0v) is 12.8. The highest BCUT2D eigenvalue weighted by atomic mass is 32.2. The first-order valence-corrected chi connectivity index (χ1v) is 8.76. The molecule has 0 saturated carbocycles. The number of hydrogen-bond acceptors (Lipinski definition) is 4. The van der Waals surface area contributed by atoms with Gasteiger partial charge in [0.05, 0.1) is 33.3 Å². The van der Waals surface area contributed by atoms with Gasteiger partial charge < -0.3 is 5.11 Å². The minimum Gasteiger partial charge on any atom is -0.385 e. The molecule has 0 radical (unpaired) electrons. The summed E-state index contributed by atoms with van der Waals surface area (Å²) in [4.78, 5) is 0. The quantitative estimate of drug-likeness (QED) is 0.848. The first-order valence-electron chi connectivity index (χ1n) is 7.15. The first kappa shape index (κ1) is 16.3. The predicted octanol–water partition coefficient (Wildman–Crippen LogP) is 2.50. The SMILES string of the molecule is N#Cc1ccc(C2(O)CC3CCC(C2)S3(=O)=O)c(C(F)(F)F)c1. The van der Waals surface area contributed by atoms with Crippen LogP contribution >= 0.6 is 0 Å². The molecule has 1 aromatic carbocycles. The number of benzene rings is 1. The fraction of sp³-hybridized carbons (Fsp3) is 0.533. The summed E-state index contributed by atoms with van der Waals surface area (Å²) >= 11 is 0. The summed E-state index contributed by atoms with van der Waals surface area (Å²) in [6.45, 7) is 0. The van der Waals surface area contributed by atoms with Crippen molar-refractivity contribution in [2.75, 3.05) is 0 Å². The van der Waals surface area contributed by atoms with Gasteiger partial charge in [-0.1, -0.05) is 6.07 Å². The molecule has 2 fully saturated rings. The molecule has 0 spiro atoms. The number of hydrogen-bond donors (Lipinski definition) is 1. The number of nitrogens with zero attached hydrogens (tertiary/aromatic N) is 1. The molecule has 2 saturated heterocycles. The maximum atomic E-state index is 13.3. The summed E-state index contributed by atoms with van der Waals surface area (Å²) in [6.07, 6.45) is -4.46. The van der Waals surface area contributed by atoms with E-state index in [2.05, 4.69) is 0 Å². The fourth-order valence-electron chi connectivity index (χ4n) is 3.72. The molecule has 0 aromatic heterocycles. The van der Waals surface area contributed by atoms with E-state index in [0.29, 0.717) is 18.9 Å². The van der Waals surface area contributed by atoms with Gasteiger partial charge in [-0.25, -0.2) is 8.42 Å². The zero-order chi connectivity index (χ0) is 17.0. The normalized spacial score (nSPS) is 32.5. The van der Waals surface area contributed by atoms with Crippen LogP contribution in [0.5, 0.6) is 0 Å². The van der Waals surface area contributed by atoms with Gasteiger partial charge in [0.25, 0.3) is 0 Å². The molecule has 2 aliphatic rings. The Morgan fingerprint density at radius 3 is 2.26 bits per heavy atom. The molecule has 2 aliphatic heterocycles. The standard InChI is InChI=1S/C15H14F3NO3S/c16-15(17,18)13-5-9(8-19)1-4-12(13)14(20)6-10-2-3-11(7-14)23(10,21)22/h1,4-5,10-11,20H,2-3,6-7H2. The van der Waals surface area contributed by atoms with E-state index in [-0.39, 0.29) is 24.0 Å². The number of aliphatic hydroxyl groups is 1. The van der Waals surface area contributed by atoms with Crippen molar-refractivity contribution in [2.45, 2.75) is 48.0 Å². The number of halogens is 3. The van der Waals surface area contributed by atoms with E-state index < -0.39 is 37.7 Å². The molecule has 4 nitrogen and oxygen atoms in total. The van der Waals surface area contributed by atoms with Crippen molar-refractivity contribution in [1.29, 1.82) is 5.26 Å². The third-order valence-electron chi connectivity index (χ3n) is 4.83. The van der Waals surface area contributed by atoms with Crippen molar-refractivity contribution in [3.63, 3.8) is 0 Å². The fourth-order valence-corrected chi connectivity index (χ4v) is 6.21. The molecule has 0 amide bonds. The van der Waals surface area contributed by atoms with Crippen LogP contribution in [-0.2, 0) is 21.6 Å². The van der Waals surface area contributed by atoms with E-state index in [4.69, 9.17) is 5.26 Å². The molecule has 2 bridgehead atoms. The number of alkyl halides is 3. The van der Waals surface area contributed by atoms with E-state index in [0.717, 1.165) is 6.07 Å². The van der Waals surface area contributed by atoms with E-state index in [1.54, 1.807) is 6.07 Å². The van der Waals surface area contributed by atoms with Gasteiger partial charge in [0.2, 0.25) is 0 Å². The Balaban J connectivity index is 2.11. The van der Waals surface area contributed by atoms with Crippen molar-refractivity contribution in [2.24, 2.45) is 0 Å². The topological polar surface area (TPSA) is 78.2 Å². The Morgan fingerprint density at radius 1 is 1.22 bits per heavy atom. The van der Waals surface area contributed by atoms with Crippen LogP contribution in [0.25, 0.3) is 0 Å². The molecule has 1 aromatic rings. The molecule has 2 heterocycles. The Kier molecular flexibility index (Phi) is 3.50. The Hall–Kier alpha value is -1.59. The van der Waals surface area contributed by atoms with Crippen LogP contribution in [0.3, 0.4) is 0 Å².